The molecule has 1 amide bonds. The Bertz CT molecular complexity index is 913. The Balaban J connectivity index is 1.58. The van der Waals surface area contributed by atoms with Gasteiger partial charge in [-0.15, -0.1) is 0 Å². The lowest BCUT2D eigenvalue weighted by molar-refractivity contribution is -0.127. The Hall–Kier alpha value is -2.66. The molecule has 0 saturated carbocycles. The monoisotopic (exact) mass is 417 g/mol. The molecule has 29 heavy (non-hydrogen) atoms. The van der Waals surface area contributed by atoms with Gasteiger partial charge in [-0.2, -0.15) is 14.0 Å². The van der Waals surface area contributed by atoms with Crippen LogP contribution in [0.15, 0.2) is 35.4 Å². The summed E-state index contributed by atoms with van der Waals surface area (Å²) in [4.78, 5) is 18.7. The first-order valence-corrected chi connectivity index (χ1v) is 10.3. The minimum absolute atomic E-state index is 0.0794. The Labute approximate surface area is 172 Å². The summed E-state index contributed by atoms with van der Waals surface area (Å²) >= 11 is 1.27. The number of pyridine rings is 1. The summed E-state index contributed by atoms with van der Waals surface area (Å²) in [7, 11) is 1.68. The Morgan fingerprint density at radius 1 is 1.31 bits per heavy atom. The van der Waals surface area contributed by atoms with Crippen molar-refractivity contribution in [2.75, 3.05) is 12.8 Å². The van der Waals surface area contributed by atoms with E-state index in [0.29, 0.717) is 17.1 Å². The fourth-order valence-corrected chi connectivity index (χ4v) is 4.10. The molecule has 1 aliphatic carbocycles. The van der Waals surface area contributed by atoms with Gasteiger partial charge in [0.1, 0.15) is 16.8 Å². The zero-order chi connectivity index (χ0) is 20.8. The van der Waals surface area contributed by atoms with Gasteiger partial charge in [-0.25, -0.2) is 4.98 Å². The fraction of sp³-hybridized carbons (Fsp3) is 0.381. The van der Waals surface area contributed by atoms with Gasteiger partial charge < -0.3 is 9.64 Å². The van der Waals surface area contributed by atoms with Crippen molar-refractivity contribution in [3.8, 4) is 11.8 Å². The number of alkyl halides is 2. The van der Waals surface area contributed by atoms with E-state index in [4.69, 9.17) is 0 Å². The lowest BCUT2D eigenvalue weighted by Gasteiger charge is -2.19. The molecule has 8 heteroatoms. The number of thioether (sulfide) groups is 1. The van der Waals surface area contributed by atoms with Crippen LogP contribution in [0.25, 0.3) is 0 Å². The van der Waals surface area contributed by atoms with Gasteiger partial charge >= 0.3 is 6.61 Å². The normalized spacial score (nSPS) is 12.9. The highest BCUT2D eigenvalue weighted by Gasteiger charge is 2.17. The highest BCUT2D eigenvalue weighted by Crippen LogP contribution is 2.27. The van der Waals surface area contributed by atoms with Crippen LogP contribution in [0.4, 0.5) is 8.78 Å². The Morgan fingerprint density at radius 2 is 2.03 bits per heavy atom. The fourth-order valence-electron chi connectivity index (χ4n) is 3.18. The van der Waals surface area contributed by atoms with Crippen molar-refractivity contribution >= 4 is 17.7 Å². The predicted octanol–water partition coefficient (Wildman–Crippen LogP) is 4.18. The van der Waals surface area contributed by atoms with E-state index in [9.17, 15) is 18.8 Å². The highest BCUT2D eigenvalue weighted by atomic mass is 32.2. The largest absolute Gasteiger partial charge is 0.435 e. The van der Waals surface area contributed by atoms with Crippen molar-refractivity contribution in [2.45, 2.75) is 43.9 Å². The van der Waals surface area contributed by atoms with Crippen LogP contribution >= 0.6 is 11.8 Å². The number of aryl methyl sites for hydroxylation is 2. The molecule has 1 aliphatic rings. The second kappa shape index (κ2) is 9.70. The highest BCUT2D eigenvalue weighted by molar-refractivity contribution is 7.99. The van der Waals surface area contributed by atoms with Gasteiger partial charge in [0, 0.05) is 19.3 Å². The van der Waals surface area contributed by atoms with Gasteiger partial charge in [0.05, 0.1) is 11.3 Å². The molecule has 1 aromatic heterocycles. The molecule has 1 heterocycles. The quantitative estimate of drug-likeness (QED) is 0.632. The number of fused-ring (bicyclic) bond motifs is 1. The minimum atomic E-state index is -2.86. The summed E-state index contributed by atoms with van der Waals surface area (Å²) in [6.45, 7) is -2.52. The first-order valence-electron chi connectivity index (χ1n) is 9.29. The van der Waals surface area contributed by atoms with E-state index in [0.717, 1.165) is 42.5 Å². The van der Waals surface area contributed by atoms with Crippen LogP contribution in [-0.4, -0.2) is 35.2 Å². The summed E-state index contributed by atoms with van der Waals surface area (Å²) < 4.78 is 28.7. The number of benzene rings is 1. The molecule has 1 aromatic carbocycles. The SMILES string of the molecule is CN(Cc1ccc(OC(F)F)cc1)C(=O)CSc1nc2c(cc1C#N)CCCC2. The van der Waals surface area contributed by atoms with Crippen LogP contribution in [0.2, 0.25) is 0 Å². The van der Waals surface area contributed by atoms with Crippen LogP contribution in [0.3, 0.4) is 0 Å². The van der Waals surface area contributed by atoms with E-state index in [-0.39, 0.29) is 17.4 Å². The van der Waals surface area contributed by atoms with Crippen molar-refractivity contribution in [3.05, 3.63) is 52.7 Å². The molecule has 152 valence electrons. The smallest absolute Gasteiger partial charge is 0.387 e. The first kappa shape index (κ1) is 21.1. The number of hydrogen-bond donors (Lipinski definition) is 0. The number of aromatic nitrogens is 1. The van der Waals surface area contributed by atoms with Crippen LogP contribution in [0.1, 0.15) is 35.2 Å². The summed E-state index contributed by atoms with van der Waals surface area (Å²) in [6, 6.07) is 10.3. The molecule has 0 spiro atoms. The van der Waals surface area contributed by atoms with Crippen LogP contribution in [0, 0.1) is 11.3 Å². The zero-order valence-corrected chi connectivity index (χ0v) is 16.8. The summed E-state index contributed by atoms with van der Waals surface area (Å²) in [5, 5.41) is 10.0. The number of halogens is 2. The van der Waals surface area contributed by atoms with Crippen LogP contribution in [-0.2, 0) is 24.2 Å². The number of nitriles is 1. The second-order valence-electron chi connectivity index (χ2n) is 6.83. The number of carbonyl (C=O) groups excluding carboxylic acids is 1. The Kier molecular flexibility index (Phi) is 7.04. The number of rotatable bonds is 7. The summed E-state index contributed by atoms with van der Waals surface area (Å²) in [5.41, 5.74) is 3.49. The predicted molar refractivity (Wildman–Crippen MR) is 106 cm³/mol. The van der Waals surface area contributed by atoms with Crippen LogP contribution < -0.4 is 4.74 Å². The van der Waals surface area contributed by atoms with Crippen LogP contribution in [0.5, 0.6) is 5.75 Å². The maximum atomic E-state index is 12.5. The molecule has 2 aromatic rings. The van der Waals surface area contributed by atoms with Gasteiger partial charge in [-0.1, -0.05) is 23.9 Å². The van der Waals surface area contributed by atoms with E-state index in [1.807, 2.05) is 6.07 Å². The second-order valence-corrected chi connectivity index (χ2v) is 7.79. The third-order valence-electron chi connectivity index (χ3n) is 4.71. The molecule has 0 atom stereocenters. The van der Waals surface area contributed by atoms with E-state index in [1.54, 1.807) is 24.1 Å². The topological polar surface area (TPSA) is 66.2 Å². The number of carbonyl (C=O) groups is 1. The molecule has 3 rings (SSSR count). The molecular formula is C21H21F2N3O2S. The van der Waals surface area contributed by atoms with E-state index < -0.39 is 6.61 Å². The number of nitrogens with zero attached hydrogens (tertiary/aromatic N) is 3. The van der Waals surface area contributed by atoms with Gasteiger partial charge in [0.25, 0.3) is 0 Å². The maximum absolute atomic E-state index is 12.5. The third-order valence-corrected chi connectivity index (χ3v) is 5.69. The number of amides is 1. The molecule has 0 aliphatic heterocycles. The van der Waals surface area contributed by atoms with Crippen molar-refractivity contribution in [3.63, 3.8) is 0 Å². The van der Waals surface area contributed by atoms with Crippen molar-refractivity contribution in [1.29, 1.82) is 5.26 Å². The van der Waals surface area contributed by atoms with Gasteiger partial charge in [-0.3, -0.25) is 4.79 Å². The van der Waals surface area contributed by atoms with Crippen molar-refractivity contribution < 1.29 is 18.3 Å². The average molecular weight is 417 g/mol. The lowest BCUT2D eigenvalue weighted by Crippen LogP contribution is -2.27. The molecule has 5 nitrogen and oxygen atoms in total. The molecule has 0 saturated heterocycles. The van der Waals surface area contributed by atoms with E-state index in [1.165, 1.54) is 23.9 Å². The van der Waals surface area contributed by atoms with E-state index in [2.05, 4.69) is 15.8 Å². The molecule has 0 unspecified atom stereocenters. The van der Waals surface area contributed by atoms with Gasteiger partial charge in [0.2, 0.25) is 5.91 Å². The first-order chi connectivity index (χ1) is 14.0. The van der Waals surface area contributed by atoms with Crippen molar-refractivity contribution in [2.24, 2.45) is 0 Å². The number of hydrogen-bond acceptors (Lipinski definition) is 5. The minimum Gasteiger partial charge on any atom is -0.435 e. The number of ether oxygens (including phenoxy) is 1. The molecule has 0 fully saturated rings. The molecular weight excluding hydrogens is 396 g/mol. The van der Waals surface area contributed by atoms with E-state index >= 15 is 0 Å². The Morgan fingerprint density at radius 3 is 2.72 bits per heavy atom. The van der Waals surface area contributed by atoms with Gasteiger partial charge in [0.15, 0.2) is 0 Å². The average Bonchev–Trinajstić information content (AvgIpc) is 2.72. The third kappa shape index (κ3) is 5.67. The molecule has 0 radical (unpaired) electrons. The molecule has 0 N–H and O–H groups in total. The zero-order valence-electron chi connectivity index (χ0n) is 16.0. The summed E-state index contributed by atoms with van der Waals surface area (Å²) in [5.74, 6) is 0.144. The van der Waals surface area contributed by atoms with Crippen molar-refractivity contribution in [1.82, 2.24) is 9.88 Å². The molecule has 0 bridgehead atoms. The van der Waals surface area contributed by atoms with Gasteiger partial charge in [-0.05, 0) is 55.0 Å². The standard InChI is InChI=1S/C21H21F2N3O2S/c1-26(12-14-6-8-17(9-7-14)28-21(22)23)19(27)13-29-20-16(11-24)10-15-4-2-3-5-18(15)25-20/h6-10,21H,2-5,12-13H2,1H3. The maximum Gasteiger partial charge on any atom is 0.387 e. The summed E-state index contributed by atoms with van der Waals surface area (Å²) in [6.07, 6.45) is 4.07. The lowest BCUT2D eigenvalue weighted by atomic mass is 9.95.